The van der Waals surface area contributed by atoms with Gasteiger partial charge in [0.15, 0.2) is 0 Å². The summed E-state index contributed by atoms with van der Waals surface area (Å²) in [6.07, 6.45) is 2.57. The molecule has 1 aliphatic heterocycles. The van der Waals surface area contributed by atoms with E-state index in [9.17, 15) is 19.5 Å². The molecule has 1 unspecified atom stereocenters. The first-order valence-electron chi connectivity index (χ1n) is 14.8. The number of nitrogens with one attached hydrogen (secondary N) is 2. The summed E-state index contributed by atoms with van der Waals surface area (Å²) in [5.41, 5.74) is 3.61. The molecule has 8 heteroatoms. The molecule has 3 aliphatic rings. The summed E-state index contributed by atoms with van der Waals surface area (Å²) in [4.78, 5) is 41.3. The molecule has 218 valence electrons. The van der Waals surface area contributed by atoms with Gasteiger partial charge >= 0.3 is 12.1 Å². The van der Waals surface area contributed by atoms with Crippen molar-refractivity contribution in [3.8, 4) is 11.1 Å². The van der Waals surface area contributed by atoms with Gasteiger partial charge in [-0.2, -0.15) is 0 Å². The van der Waals surface area contributed by atoms with Crippen molar-refractivity contribution in [2.75, 3.05) is 19.7 Å². The average Bonchev–Trinajstić information content (AvgIpc) is 3.69. The number of amides is 2. The van der Waals surface area contributed by atoms with Crippen LogP contribution in [0.3, 0.4) is 0 Å². The predicted octanol–water partition coefficient (Wildman–Crippen LogP) is 5.07. The minimum atomic E-state index is -1.23. The summed E-state index contributed by atoms with van der Waals surface area (Å²) in [5, 5.41) is 15.7. The van der Waals surface area contributed by atoms with Crippen LogP contribution in [0.2, 0.25) is 0 Å². The molecular weight excluding hydrogens is 530 g/mol. The minimum absolute atomic E-state index is 0.0941. The highest BCUT2D eigenvalue weighted by Crippen LogP contribution is 2.44. The molecule has 1 heterocycles. The van der Waals surface area contributed by atoms with Gasteiger partial charge in [0.2, 0.25) is 5.91 Å². The standard InChI is InChI=1S/C34H37N3O5/c38-30(39)20-33(16-8-9-17-33)35-31(40)34(18-19-37(23-34)21-24-10-2-1-3-11-24)36-32(41)42-22-29-27-14-6-4-12-25(27)26-13-5-7-15-28(26)29/h1-7,10-15,29H,8-9,16-23H2,(H,35,40)(H,36,41)(H,38,39). The number of benzene rings is 3. The molecule has 1 saturated heterocycles. The smallest absolute Gasteiger partial charge is 0.408 e. The van der Waals surface area contributed by atoms with Crippen LogP contribution < -0.4 is 10.6 Å². The number of carboxylic acid groups (broad SMARTS) is 1. The van der Waals surface area contributed by atoms with E-state index in [1.807, 2.05) is 54.6 Å². The van der Waals surface area contributed by atoms with Crippen LogP contribution >= 0.6 is 0 Å². The van der Waals surface area contributed by atoms with Crippen molar-refractivity contribution in [1.29, 1.82) is 0 Å². The maximum atomic E-state index is 14.0. The number of rotatable bonds is 9. The first-order chi connectivity index (χ1) is 20.4. The lowest BCUT2D eigenvalue weighted by atomic mass is 9.89. The number of likely N-dealkylation sites (tertiary alicyclic amines) is 1. The van der Waals surface area contributed by atoms with Gasteiger partial charge in [0.1, 0.15) is 12.1 Å². The number of carbonyl (C=O) groups is 3. The lowest BCUT2D eigenvalue weighted by Gasteiger charge is -2.35. The minimum Gasteiger partial charge on any atom is -0.481 e. The Morgan fingerprint density at radius 3 is 2.10 bits per heavy atom. The van der Waals surface area contributed by atoms with Gasteiger partial charge < -0.3 is 20.5 Å². The monoisotopic (exact) mass is 567 g/mol. The van der Waals surface area contributed by atoms with Gasteiger partial charge in [-0.1, -0.05) is 91.7 Å². The van der Waals surface area contributed by atoms with Crippen LogP contribution in [0.5, 0.6) is 0 Å². The maximum Gasteiger partial charge on any atom is 0.408 e. The molecular formula is C34H37N3O5. The second-order valence-corrected chi connectivity index (χ2v) is 12.0. The van der Waals surface area contributed by atoms with Crippen LogP contribution in [-0.4, -0.2) is 58.8 Å². The highest BCUT2D eigenvalue weighted by atomic mass is 16.5. The zero-order valence-corrected chi connectivity index (χ0v) is 23.7. The quantitative estimate of drug-likeness (QED) is 0.333. The Kier molecular flexibility index (Phi) is 7.73. The molecule has 2 fully saturated rings. The Labute approximate surface area is 246 Å². The van der Waals surface area contributed by atoms with E-state index in [0.29, 0.717) is 38.9 Å². The number of hydrogen-bond acceptors (Lipinski definition) is 5. The van der Waals surface area contributed by atoms with Crippen LogP contribution in [-0.2, 0) is 20.9 Å². The molecule has 1 atom stereocenters. The number of nitrogens with zero attached hydrogens (tertiary/aromatic N) is 1. The summed E-state index contributed by atoms with van der Waals surface area (Å²) < 4.78 is 5.85. The Morgan fingerprint density at radius 2 is 1.45 bits per heavy atom. The molecule has 0 radical (unpaired) electrons. The predicted molar refractivity (Wildman–Crippen MR) is 159 cm³/mol. The molecule has 3 aromatic rings. The van der Waals surface area contributed by atoms with Gasteiger partial charge in [-0.15, -0.1) is 0 Å². The zero-order valence-electron chi connectivity index (χ0n) is 23.7. The summed E-state index contributed by atoms with van der Waals surface area (Å²) >= 11 is 0. The normalized spacial score (nSPS) is 21.0. The van der Waals surface area contributed by atoms with E-state index in [2.05, 4.69) is 39.8 Å². The molecule has 3 aromatic carbocycles. The fraction of sp³-hybridized carbons (Fsp3) is 0.382. The van der Waals surface area contributed by atoms with Crippen molar-refractivity contribution in [2.24, 2.45) is 0 Å². The third-order valence-corrected chi connectivity index (χ3v) is 9.15. The zero-order chi connectivity index (χ0) is 29.2. The molecule has 0 aromatic heterocycles. The second-order valence-electron chi connectivity index (χ2n) is 12.0. The lowest BCUT2D eigenvalue weighted by Crippen LogP contribution is -2.64. The van der Waals surface area contributed by atoms with E-state index in [4.69, 9.17) is 4.74 Å². The van der Waals surface area contributed by atoms with Crippen LogP contribution in [0.15, 0.2) is 78.9 Å². The second kappa shape index (κ2) is 11.6. The molecule has 1 saturated carbocycles. The third kappa shape index (κ3) is 5.63. The van der Waals surface area contributed by atoms with Crippen LogP contribution in [0.25, 0.3) is 11.1 Å². The summed E-state index contributed by atoms with van der Waals surface area (Å²) in [6.45, 7) is 1.70. The SMILES string of the molecule is O=C(O)CC1(NC(=O)C2(NC(=O)OCC3c4ccccc4-c4ccccc43)CCN(Cc3ccccc3)C2)CCCC1. The van der Waals surface area contributed by atoms with Gasteiger partial charge in [-0.05, 0) is 47.1 Å². The molecule has 3 N–H and O–H groups in total. The van der Waals surface area contributed by atoms with E-state index < -0.39 is 23.1 Å². The summed E-state index contributed by atoms with van der Waals surface area (Å²) in [5.74, 6) is -1.37. The van der Waals surface area contributed by atoms with Crippen molar-refractivity contribution in [3.05, 3.63) is 95.6 Å². The topological polar surface area (TPSA) is 108 Å². The third-order valence-electron chi connectivity index (χ3n) is 9.15. The number of carbonyl (C=O) groups excluding carboxylic acids is 2. The number of carboxylic acids is 1. The van der Waals surface area contributed by atoms with E-state index >= 15 is 0 Å². The first-order valence-corrected chi connectivity index (χ1v) is 14.8. The van der Waals surface area contributed by atoms with E-state index in [0.717, 1.165) is 40.7 Å². The average molecular weight is 568 g/mol. The summed E-state index contributed by atoms with van der Waals surface area (Å²) in [7, 11) is 0. The van der Waals surface area contributed by atoms with Crippen molar-refractivity contribution < 1.29 is 24.2 Å². The first kappa shape index (κ1) is 28.0. The maximum absolute atomic E-state index is 14.0. The molecule has 8 nitrogen and oxygen atoms in total. The Morgan fingerprint density at radius 1 is 0.833 bits per heavy atom. The molecule has 0 bridgehead atoms. The molecule has 42 heavy (non-hydrogen) atoms. The summed E-state index contributed by atoms with van der Waals surface area (Å²) in [6, 6.07) is 26.3. The Balaban J connectivity index is 1.20. The number of aliphatic carboxylic acids is 1. The van der Waals surface area contributed by atoms with Crippen molar-refractivity contribution in [2.45, 2.75) is 62.1 Å². The lowest BCUT2D eigenvalue weighted by molar-refractivity contribution is -0.139. The fourth-order valence-electron chi connectivity index (χ4n) is 7.09. The number of fused-ring (bicyclic) bond motifs is 3. The molecule has 0 spiro atoms. The van der Waals surface area contributed by atoms with Crippen molar-refractivity contribution in [1.82, 2.24) is 15.5 Å². The van der Waals surface area contributed by atoms with Crippen molar-refractivity contribution >= 4 is 18.0 Å². The highest BCUT2D eigenvalue weighted by molar-refractivity contribution is 5.91. The largest absolute Gasteiger partial charge is 0.481 e. The van der Waals surface area contributed by atoms with Gasteiger partial charge in [0, 0.05) is 25.6 Å². The van der Waals surface area contributed by atoms with Crippen molar-refractivity contribution in [3.63, 3.8) is 0 Å². The number of ether oxygens (including phenoxy) is 1. The Bertz CT molecular complexity index is 1420. The fourth-order valence-corrected chi connectivity index (χ4v) is 7.09. The van der Waals surface area contributed by atoms with E-state index in [-0.39, 0.29) is 24.9 Å². The van der Waals surface area contributed by atoms with Gasteiger partial charge in [-0.25, -0.2) is 4.79 Å². The van der Waals surface area contributed by atoms with Crippen LogP contribution in [0.1, 0.15) is 61.1 Å². The van der Waals surface area contributed by atoms with Gasteiger partial charge in [0.25, 0.3) is 0 Å². The molecule has 2 aliphatic carbocycles. The number of alkyl carbamates (subject to hydrolysis) is 1. The number of hydrogen-bond donors (Lipinski definition) is 3. The van der Waals surface area contributed by atoms with E-state index in [1.165, 1.54) is 0 Å². The van der Waals surface area contributed by atoms with Gasteiger partial charge in [-0.3, -0.25) is 14.5 Å². The molecule has 2 amide bonds. The van der Waals surface area contributed by atoms with Gasteiger partial charge in [0.05, 0.1) is 12.0 Å². The van der Waals surface area contributed by atoms with Crippen LogP contribution in [0.4, 0.5) is 4.79 Å². The van der Waals surface area contributed by atoms with E-state index in [1.54, 1.807) is 0 Å². The molecule has 6 rings (SSSR count). The van der Waals surface area contributed by atoms with Crippen LogP contribution in [0, 0.1) is 0 Å². The Hall–Kier alpha value is -4.17. The highest BCUT2D eigenvalue weighted by Gasteiger charge is 2.49.